The van der Waals surface area contributed by atoms with Crippen molar-refractivity contribution in [2.75, 3.05) is 0 Å². The van der Waals surface area contributed by atoms with Crippen LogP contribution in [-0.4, -0.2) is 14.1 Å². The standard InChI is InChI=1S/C39H35N3/c1-4-5-14-29-23-27(2)38(28(3)24-29)41-26-35(40-39(41)30-15-7-6-8-16-30)31-17-13-18-32(25-31)42-36-21-11-9-19-33(36)34-20-10-12-22-37(34)42/h6-13,15-26H,4-5,14H2,1-3H3. The van der Waals surface area contributed by atoms with Crippen LogP contribution in [0, 0.1) is 13.8 Å². The Labute approximate surface area is 247 Å². The maximum absolute atomic E-state index is 5.28. The smallest absolute Gasteiger partial charge is 0.145 e. The van der Waals surface area contributed by atoms with Gasteiger partial charge in [-0.1, -0.05) is 104 Å². The van der Waals surface area contributed by atoms with Gasteiger partial charge in [0.25, 0.3) is 0 Å². The molecular weight excluding hydrogens is 510 g/mol. The van der Waals surface area contributed by atoms with E-state index in [-0.39, 0.29) is 0 Å². The summed E-state index contributed by atoms with van der Waals surface area (Å²) in [6.07, 6.45) is 5.75. The highest BCUT2D eigenvalue weighted by atomic mass is 15.1. The van der Waals surface area contributed by atoms with Gasteiger partial charge in [0.05, 0.1) is 22.4 Å². The van der Waals surface area contributed by atoms with Crippen LogP contribution >= 0.6 is 0 Å². The number of unbranched alkanes of at least 4 members (excludes halogenated alkanes) is 1. The fraction of sp³-hybridized carbons (Fsp3) is 0.154. The van der Waals surface area contributed by atoms with E-state index in [1.165, 1.54) is 57.0 Å². The lowest BCUT2D eigenvalue weighted by molar-refractivity contribution is 0.793. The van der Waals surface area contributed by atoms with Crippen LogP contribution in [0.1, 0.15) is 36.5 Å². The highest BCUT2D eigenvalue weighted by molar-refractivity contribution is 6.09. The fourth-order valence-corrected chi connectivity index (χ4v) is 6.44. The van der Waals surface area contributed by atoms with Gasteiger partial charge < -0.3 is 4.57 Å². The SMILES string of the molecule is CCCCc1cc(C)c(-n2cc(-c3cccc(-n4c5ccccc5c5ccccc54)c3)nc2-c2ccccc2)c(C)c1. The molecule has 0 spiro atoms. The second-order valence-corrected chi connectivity index (χ2v) is 11.3. The summed E-state index contributed by atoms with van der Waals surface area (Å²) >= 11 is 0. The number of rotatable bonds is 7. The Morgan fingerprint density at radius 3 is 1.93 bits per heavy atom. The summed E-state index contributed by atoms with van der Waals surface area (Å²) in [7, 11) is 0. The number of hydrogen-bond acceptors (Lipinski definition) is 1. The van der Waals surface area contributed by atoms with Crippen LogP contribution in [0.5, 0.6) is 0 Å². The van der Waals surface area contributed by atoms with E-state index in [1.807, 2.05) is 0 Å². The van der Waals surface area contributed by atoms with Gasteiger partial charge in [-0.05, 0) is 67.6 Å². The van der Waals surface area contributed by atoms with Crippen molar-refractivity contribution in [2.24, 2.45) is 0 Å². The van der Waals surface area contributed by atoms with Crippen LogP contribution in [0.15, 0.2) is 121 Å². The molecule has 0 fully saturated rings. The topological polar surface area (TPSA) is 22.8 Å². The molecule has 7 rings (SSSR count). The molecule has 0 aliphatic rings. The van der Waals surface area contributed by atoms with Crippen molar-refractivity contribution in [3.05, 3.63) is 138 Å². The maximum atomic E-state index is 5.28. The van der Waals surface area contributed by atoms with E-state index in [9.17, 15) is 0 Å². The number of aromatic nitrogens is 3. The summed E-state index contributed by atoms with van der Waals surface area (Å²) in [5.74, 6) is 0.959. The van der Waals surface area contributed by atoms with Crippen molar-refractivity contribution < 1.29 is 0 Å². The number of aryl methyl sites for hydroxylation is 3. The predicted octanol–water partition coefficient (Wildman–Crippen LogP) is 10.3. The van der Waals surface area contributed by atoms with Crippen molar-refractivity contribution in [3.8, 4) is 34.0 Å². The van der Waals surface area contributed by atoms with Crippen LogP contribution in [0.3, 0.4) is 0 Å². The first-order valence-electron chi connectivity index (χ1n) is 15.0. The largest absolute Gasteiger partial charge is 0.309 e. The van der Waals surface area contributed by atoms with Crippen molar-refractivity contribution >= 4 is 21.8 Å². The summed E-state index contributed by atoms with van der Waals surface area (Å²) in [5, 5.41) is 2.53. The highest BCUT2D eigenvalue weighted by Gasteiger charge is 2.18. The Hall–Kier alpha value is -4.89. The van der Waals surface area contributed by atoms with Gasteiger partial charge in [0.1, 0.15) is 5.82 Å². The summed E-state index contributed by atoms with van der Waals surface area (Å²) in [6.45, 7) is 6.72. The summed E-state index contributed by atoms with van der Waals surface area (Å²) in [4.78, 5) is 5.28. The third kappa shape index (κ3) is 4.52. The molecule has 0 amide bonds. The monoisotopic (exact) mass is 545 g/mol. The number of nitrogens with zero attached hydrogens (tertiary/aromatic N) is 3. The average molecular weight is 546 g/mol. The molecule has 0 unspecified atom stereocenters. The number of fused-ring (bicyclic) bond motifs is 3. The number of hydrogen-bond donors (Lipinski definition) is 0. The second kappa shape index (κ2) is 10.8. The number of benzene rings is 5. The number of imidazole rings is 1. The van der Waals surface area contributed by atoms with Crippen molar-refractivity contribution in [3.63, 3.8) is 0 Å². The molecule has 0 N–H and O–H groups in total. The molecule has 3 nitrogen and oxygen atoms in total. The van der Waals surface area contributed by atoms with Gasteiger partial charge in [-0.2, -0.15) is 0 Å². The molecule has 0 aliphatic carbocycles. The molecular formula is C39H35N3. The van der Waals surface area contributed by atoms with Crippen LogP contribution in [0.4, 0.5) is 0 Å². The molecule has 0 bridgehead atoms. The van der Waals surface area contributed by atoms with Crippen molar-refractivity contribution in [1.29, 1.82) is 0 Å². The maximum Gasteiger partial charge on any atom is 0.145 e. The van der Waals surface area contributed by atoms with Gasteiger partial charge in [0.15, 0.2) is 0 Å². The minimum atomic E-state index is 0.959. The lowest BCUT2D eigenvalue weighted by atomic mass is 10.00. The van der Waals surface area contributed by atoms with E-state index in [2.05, 4.69) is 151 Å². The fourth-order valence-electron chi connectivity index (χ4n) is 6.44. The Morgan fingerprint density at radius 2 is 1.26 bits per heavy atom. The second-order valence-electron chi connectivity index (χ2n) is 11.3. The predicted molar refractivity (Wildman–Crippen MR) is 177 cm³/mol. The molecule has 3 heteroatoms. The van der Waals surface area contributed by atoms with Gasteiger partial charge in [0, 0.05) is 33.8 Å². The molecule has 0 radical (unpaired) electrons. The first kappa shape index (κ1) is 26.0. The third-order valence-electron chi connectivity index (χ3n) is 8.33. The number of para-hydroxylation sites is 2. The van der Waals surface area contributed by atoms with Crippen LogP contribution in [-0.2, 0) is 6.42 Å². The van der Waals surface area contributed by atoms with Gasteiger partial charge in [-0.15, -0.1) is 0 Å². The molecule has 0 saturated heterocycles. The molecule has 5 aromatic carbocycles. The normalized spacial score (nSPS) is 11.5. The van der Waals surface area contributed by atoms with Crippen LogP contribution in [0.2, 0.25) is 0 Å². The van der Waals surface area contributed by atoms with Crippen LogP contribution in [0.25, 0.3) is 55.8 Å². The summed E-state index contributed by atoms with van der Waals surface area (Å²) < 4.78 is 4.67. The van der Waals surface area contributed by atoms with E-state index in [4.69, 9.17) is 4.98 Å². The Bertz CT molecular complexity index is 1970. The van der Waals surface area contributed by atoms with E-state index < -0.39 is 0 Å². The minimum Gasteiger partial charge on any atom is -0.309 e. The molecule has 0 atom stereocenters. The molecule has 206 valence electrons. The van der Waals surface area contributed by atoms with Gasteiger partial charge >= 0.3 is 0 Å². The molecule has 0 aliphatic heterocycles. The lowest BCUT2D eigenvalue weighted by Gasteiger charge is -2.16. The van der Waals surface area contributed by atoms with E-state index in [0.717, 1.165) is 34.8 Å². The molecule has 2 heterocycles. The Balaban J connectivity index is 1.40. The quantitative estimate of drug-likeness (QED) is 0.195. The van der Waals surface area contributed by atoms with E-state index in [1.54, 1.807) is 0 Å². The summed E-state index contributed by atoms with van der Waals surface area (Å²) in [6, 6.07) is 41.4. The average Bonchev–Trinajstić information content (AvgIpc) is 3.60. The zero-order valence-electron chi connectivity index (χ0n) is 24.5. The lowest BCUT2D eigenvalue weighted by Crippen LogP contribution is -2.03. The summed E-state index contributed by atoms with van der Waals surface area (Å²) in [5.41, 5.74) is 11.9. The first-order valence-corrected chi connectivity index (χ1v) is 15.0. The third-order valence-corrected chi connectivity index (χ3v) is 8.33. The van der Waals surface area contributed by atoms with Gasteiger partial charge in [-0.3, -0.25) is 4.57 Å². The molecule has 42 heavy (non-hydrogen) atoms. The Morgan fingerprint density at radius 1 is 0.643 bits per heavy atom. The van der Waals surface area contributed by atoms with Crippen LogP contribution < -0.4 is 0 Å². The van der Waals surface area contributed by atoms with E-state index >= 15 is 0 Å². The van der Waals surface area contributed by atoms with E-state index in [0.29, 0.717) is 0 Å². The molecule has 0 saturated carbocycles. The Kier molecular flexibility index (Phi) is 6.71. The van der Waals surface area contributed by atoms with Gasteiger partial charge in [-0.25, -0.2) is 4.98 Å². The zero-order valence-corrected chi connectivity index (χ0v) is 24.5. The minimum absolute atomic E-state index is 0.959. The van der Waals surface area contributed by atoms with Crippen molar-refractivity contribution in [1.82, 2.24) is 14.1 Å². The first-order chi connectivity index (χ1) is 20.6. The van der Waals surface area contributed by atoms with Crippen molar-refractivity contribution in [2.45, 2.75) is 40.0 Å². The molecule has 2 aromatic heterocycles. The zero-order chi connectivity index (χ0) is 28.6. The van der Waals surface area contributed by atoms with Gasteiger partial charge in [0.2, 0.25) is 0 Å². The highest BCUT2D eigenvalue weighted by Crippen LogP contribution is 2.35. The molecule has 7 aromatic rings.